The molecule has 0 bridgehead atoms. The Morgan fingerprint density at radius 2 is 2.43 bits per heavy atom. The summed E-state index contributed by atoms with van der Waals surface area (Å²) in [4.78, 5) is 18.7. The lowest BCUT2D eigenvalue weighted by Crippen LogP contribution is -2.41. The van der Waals surface area contributed by atoms with Crippen LogP contribution >= 0.6 is 11.6 Å². The molecule has 1 amide bonds. The molecule has 1 atom stereocenters. The molecular weight excluding hydrogens is 290 g/mol. The quantitative estimate of drug-likeness (QED) is 0.908. The number of hydrogen-bond acceptors (Lipinski definition) is 4. The Morgan fingerprint density at radius 1 is 1.62 bits per heavy atom. The van der Waals surface area contributed by atoms with Crippen LogP contribution in [0.25, 0.3) is 0 Å². The van der Waals surface area contributed by atoms with Crippen LogP contribution in [0.1, 0.15) is 30.1 Å². The fourth-order valence-electron chi connectivity index (χ4n) is 2.67. The number of anilines is 1. The number of likely N-dealkylation sites (tertiary alicyclic amines) is 1. The maximum Gasteiger partial charge on any atom is 0.255 e. The van der Waals surface area contributed by atoms with Gasteiger partial charge in [-0.3, -0.25) is 4.79 Å². The molecular formula is C15H22ClN3O2. The standard InChI is InChI=1S/C15H22ClN3O2/c1-3-17-14-7-12(13(16)8-18-14)15(20)19-6-4-5-11(9-19)10-21-2/h7-8,11H,3-6,9-10H2,1-2H3,(H,17,18). The number of pyridine rings is 1. The topological polar surface area (TPSA) is 54.5 Å². The molecule has 0 radical (unpaired) electrons. The summed E-state index contributed by atoms with van der Waals surface area (Å²) in [6.07, 6.45) is 3.64. The highest BCUT2D eigenvalue weighted by Crippen LogP contribution is 2.23. The van der Waals surface area contributed by atoms with Crippen molar-refractivity contribution in [2.45, 2.75) is 19.8 Å². The van der Waals surface area contributed by atoms with Crippen molar-refractivity contribution in [1.29, 1.82) is 0 Å². The van der Waals surface area contributed by atoms with E-state index in [0.717, 1.165) is 32.5 Å². The second kappa shape index (κ2) is 7.61. The van der Waals surface area contributed by atoms with Gasteiger partial charge in [-0.1, -0.05) is 11.6 Å². The first-order chi connectivity index (χ1) is 10.2. The second-order valence-electron chi connectivity index (χ2n) is 5.29. The van der Waals surface area contributed by atoms with Gasteiger partial charge in [0.2, 0.25) is 0 Å². The number of amides is 1. The molecule has 2 rings (SSSR count). The van der Waals surface area contributed by atoms with Crippen LogP contribution in [0.2, 0.25) is 5.02 Å². The van der Waals surface area contributed by atoms with Crippen molar-refractivity contribution in [2.24, 2.45) is 5.92 Å². The number of nitrogens with zero attached hydrogens (tertiary/aromatic N) is 2. The van der Waals surface area contributed by atoms with E-state index in [1.165, 1.54) is 6.20 Å². The zero-order valence-electron chi connectivity index (χ0n) is 12.6. The Kier molecular flexibility index (Phi) is 5.82. The van der Waals surface area contributed by atoms with Gasteiger partial charge in [-0.25, -0.2) is 4.98 Å². The van der Waals surface area contributed by atoms with E-state index in [0.29, 0.717) is 28.9 Å². The van der Waals surface area contributed by atoms with E-state index in [1.54, 1.807) is 13.2 Å². The molecule has 1 N–H and O–H groups in total. The lowest BCUT2D eigenvalue weighted by Gasteiger charge is -2.32. The van der Waals surface area contributed by atoms with Crippen molar-refractivity contribution in [2.75, 3.05) is 38.7 Å². The van der Waals surface area contributed by atoms with Gasteiger partial charge in [-0.2, -0.15) is 0 Å². The third-order valence-electron chi connectivity index (χ3n) is 3.65. The summed E-state index contributed by atoms with van der Waals surface area (Å²) < 4.78 is 5.21. The molecule has 0 spiro atoms. The van der Waals surface area contributed by atoms with Crippen LogP contribution in [0.5, 0.6) is 0 Å². The van der Waals surface area contributed by atoms with E-state index in [4.69, 9.17) is 16.3 Å². The van der Waals surface area contributed by atoms with Gasteiger partial charge in [0.1, 0.15) is 5.82 Å². The van der Waals surface area contributed by atoms with Gasteiger partial charge < -0.3 is 15.0 Å². The molecule has 2 heterocycles. The fraction of sp³-hybridized carbons (Fsp3) is 0.600. The number of carbonyl (C=O) groups is 1. The van der Waals surface area contributed by atoms with Crippen LogP contribution in [-0.4, -0.2) is 49.1 Å². The van der Waals surface area contributed by atoms with Crippen molar-refractivity contribution < 1.29 is 9.53 Å². The highest BCUT2D eigenvalue weighted by Gasteiger charge is 2.26. The minimum absolute atomic E-state index is 0.0256. The summed E-state index contributed by atoms with van der Waals surface area (Å²) in [5.74, 6) is 1.06. The first-order valence-electron chi connectivity index (χ1n) is 7.33. The van der Waals surface area contributed by atoms with E-state index in [9.17, 15) is 4.79 Å². The summed E-state index contributed by atoms with van der Waals surface area (Å²) in [6, 6.07) is 1.73. The Morgan fingerprint density at radius 3 is 3.14 bits per heavy atom. The van der Waals surface area contributed by atoms with Gasteiger partial charge in [-0.05, 0) is 31.7 Å². The smallest absolute Gasteiger partial charge is 0.255 e. The van der Waals surface area contributed by atoms with E-state index < -0.39 is 0 Å². The SMILES string of the molecule is CCNc1cc(C(=O)N2CCCC(COC)C2)c(Cl)cn1. The van der Waals surface area contributed by atoms with Crippen LogP contribution in [-0.2, 0) is 4.74 Å². The monoisotopic (exact) mass is 311 g/mol. The van der Waals surface area contributed by atoms with E-state index in [1.807, 2.05) is 11.8 Å². The highest BCUT2D eigenvalue weighted by molar-refractivity contribution is 6.33. The zero-order chi connectivity index (χ0) is 15.2. The molecule has 1 aliphatic heterocycles. The Hall–Kier alpha value is -1.33. The summed E-state index contributed by atoms with van der Waals surface area (Å²) in [5, 5.41) is 3.50. The molecule has 0 aromatic carbocycles. The number of methoxy groups -OCH3 is 1. The van der Waals surface area contributed by atoms with Gasteiger partial charge in [0.15, 0.2) is 0 Å². The van der Waals surface area contributed by atoms with E-state index in [2.05, 4.69) is 10.3 Å². The number of halogens is 1. The van der Waals surface area contributed by atoms with Crippen molar-refractivity contribution in [1.82, 2.24) is 9.88 Å². The number of aromatic nitrogens is 1. The number of nitrogens with one attached hydrogen (secondary N) is 1. The lowest BCUT2D eigenvalue weighted by molar-refractivity contribution is 0.0571. The average molecular weight is 312 g/mol. The third kappa shape index (κ3) is 4.08. The predicted molar refractivity (Wildman–Crippen MR) is 83.9 cm³/mol. The van der Waals surface area contributed by atoms with Crippen molar-refractivity contribution in [3.8, 4) is 0 Å². The van der Waals surface area contributed by atoms with Crippen LogP contribution in [0.4, 0.5) is 5.82 Å². The third-order valence-corrected chi connectivity index (χ3v) is 3.95. The highest BCUT2D eigenvalue weighted by atomic mass is 35.5. The van der Waals surface area contributed by atoms with Gasteiger partial charge in [0, 0.05) is 32.9 Å². The van der Waals surface area contributed by atoms with Gasteiger partial charge >= 0.3 is 0 Å². The molecule has 21 heavy (non-hydrogen) atoms. The molecule has 1 fully saturated rings. The van der Waals surface area contributed by atoms with Crippen molar-refractivity contribution >= 4 is 23.3 Å². The molecule has 5 nitrogen and oxygen atoms in total. The van der Waals surface area contributed by atoms with Gasteiger partial charge in [-0.15, -0.1) is 0 Å². The predicted octanol–water partition coefficient (Wildman–Crippen LogP) is 2.67. The van der Waals surface area contributed by atoms with E-state index >= 15 is 0 Å². The Labute approximate surface area is 130 Å². The van der Waals surface area contributed by atoms with Gasteiger partial charge in [0.05, 0.1) is 17.2 Å². The number of rotatable bonds is 5. The molecule has 1 saturated heterocycles. The maximum absolute atomic E-state index is 12.7. The number of piperidine rings is 1. The Balaban J connectivity index is 2.13. The summed E-state index contributed by atoms with van der Waals surface area (Å²) in [6.45, 7) is 4.92. The molecule has 1 aliphatic rings. The first kappa shape index (κ1) is 16.0. The zero-order valence-corrected chi connectivity index (χ0v) is 13.3. The van der Waals surface area contributed by atoms with Crippen molar-refractivity contribution in [3.05, 3.63) is 22.8 Å². The normalized spacial score (nSPS) is 18.6. The minimum Gasteiger partial charge on any atom is -0.384 e. The van der Waals surface area contributed by atoms with Crippen LogP contribution in [0.3, 0.4) is 0 Å². The van der Waals surface area contributed by atoms with Gasteiger partial charge in [0.25, 0.3) is 5.91 Å². The molecule has 1 aromatic heterocycles. The number of carbonyl (C=O) groups excluding carboxylic acids is 1. The summed E-state index contributed by atoms with van der Waals surface area (Å²) >= 11 is 6.15. The first-order valence-corrected chi connectivity index (χ1v) is 7.71. The number of ether oxygens (including phenoxy) is 1. The fourth-order valence-corrected chi connectivity index (χ4v) is 2.86. The number of hydrogen-bond donors (Lipinski definition) is 1. The lowest BCUT2D eigenvalue weighted by atomic mass is 9.98. The largest absolute Gasteiger partial charge is 0.384 e. The van der Waals surface area contributed by atoms with E-state index in [-0.39, 0.29) is 5.91 Å². The summed E-state index contributed by atoms with van der Waals surface area (Å²) in [5.41, 5.74) is 0.515. The maximum atomic E-state index is 12.7. The molecule has 0 saturated carbocycles. The molecule has 1 unspecified atom stereocenters. The molecule has 1 aromatic rings. The molecule has 6 heteroatoms. The second-order valence-corrected chi connectivity index (χ2v) is 5.70. The van der Waals surface area contributed by atoms with Crippen molar-refractivity contribution in [3.63, 3.8) is 0 Å². The summed E-state index contributed by atoms with van der Waals surface area (Å²) in [7, 11) is 1.70. The molecule has 116 valence electrons. The average Bonchev–Trinajstić information content (AvgIpc) is 2.49. The van der Waals surface area contributed by atoms with Crippen LogP contribution in [0.15, 0.2) is 12.3 Å². The Bertz CT molecular complexity index is 494. The van der Waals surface area contributed by atoms with Crippen LogP contribution in [0, 0.1) is 5.92 Å². The van der Waals surface area contributed by atoms with Crippen LogP contribution < -0.4 is 5.32 Å². The molecule has 0 aliphatic carbocycles. The minimum atomic E-state index is -0.0256.